The van der Waals surface area contributed by atoms with Gasteiger partial charge in [-0.1, -0.05) is 30.3 Å². The van der Waals surface area contributed by atoms with Crippen molar-refractivity contribution in [3.05, 3.63) is 62.5 Å². The van der Waals surface area contributed by atoms with Crippen LogP contribution in [0.1, 0.15) is 0 Å². The van der Waals surface area contributed by atoms with Gasteiger partial charge in [0, 0.05) is 10.9 Å². The zero-order valence-electron chi connectivity index (χ0n) is 10.7. The van der Waals surface area contributed by atoms with Crippen LogP contribution in [0.3, 0.4) is 0 Å². The van der Waals surface area contributed by atoms with Crippen molar-refractivity contribution in [2.45, 2.75) is 0 Å². The van der Waals surface area contributed by atoms with Crippen LogP contribution in [0.2, 0.25) is 0 Å². The van der Waals surface area contributed by atoms with Gasteiger partial charge in [0.2, 0.25) is 0 Å². The standard InChI is InChI=1S/C16H11IO3/c1-19-11-7-8-12-13(9-11)16(18)20-15(14(12)17)10-5-3-2-4-6-10/h2-9H,1H3. The fraction of sp³-hybridized carbons (Fsp3) is 0.0625. The second-order valence-corrected chi connectivity index (χ2v) is 5.39. The molecule has 0 amide bonds. The maximum Gasteiger partial charge on any atom is 0.344 e. The van der Waals surface area contributed by atoms with E-state index in [1.54, 1.807) is 13.2 Å². The predicted octanol–water partition coefficient (Wildman–Crippen LogP) is 4.07. The van der Waals surface area contributed by atoms with Crippen LogP contribution in [0.5, 0.6) is 5.75 Å². The van der Waals surface area contributed by atoms with E-state index in [1.807, 2.05) is 42.5 Å². The van der Waals surface area contributed by atoms with Crippen LogP contribution in [0.25, 0.3) is 22.1 Å². The molecule has 3 nitrogen and oxygen atoms in total. The van der Waals surface area contributed by atoms with Gasteiger partial charge < -0.3 is 9.15 Å². The van der Waals surface area contributed by atoms with Crippen molar-refractivity contribution in [2.24, 2.45) is 0 Å². The molecule has 0 spiro atoms. The van der Waals surface area contributed by atoms with E-state index in [9.17, 15) is 4.79 Å². The van der Waals surface area contributed by atoms with Gasteiger partial charge in [-0.3, -0.25) is 0 Å². The van der Waals surface area contributed by atoms with Crippen LogP contribution in [0, 0.1) is 3.57 Å². The van der Waals surface area contributed by atoms with Crippen LogP contribution in [-0.4, -0.2) is 7.11 Å². The number of hydrogen-bond donors (Lipinski definition) is 0. The van der Waals surface area contributed by atoms with E-state index < -0.39 is 0 Å². The molecule has 0 saturated heterocycles. The van der Waals surface area contributed by atoms with Crippen LogP contribution in [0.15, 0.2) is 57.7 Å². The molecule has 20 heavy (non-hydrogen) atoms. The van der Waals surface area contributed by atoms with Crippen molar-refractivity contribution in [1.29, 1.82) is 0 Å². The van der Waals surface area contributed by atoms with E-state index in [-0.39, 0.29) is 5.63 Å². The van der Waals surface area contributed by atoms with Gasteiger partial charge in [-0.2, -0.15) is 0 Å². The topological polar surface area (TPSA) is 39.4 Å². The van der Waals surface area contributed by atoms with Crippen LogP contribution < -0.4 is 10.4 Å². The molecule has 0 aliphatic heterocycles. The number of rotatable bonds is 2. The molecular weight excluding hydrogens is 367 g/mol. The number of hydrogen-bond acceptors (Lipinski definition) is 3. The summed E-state index contributed by atoms with van der Waals surface area (Å²) in [5.74, 6) is 1.25. The number of methoxy groups -OCH3 is 1. The minimum Gasteiger partial charge on any atom is -0.497 e. The van der Waals surface area contributed by atoms with Crippen LogP contribution in [0.4, 0.5) is 0 Å². The Hall–Kier alpha value is -1.82. The Labute approximate surface area is 129 Å². The summed E-state index contributed by atoms with van der Waals surface area (Å²) in [7, 11) is 1.58. The summed E-state index contributed by atoms with van der Waals surface area (Å²) >= 11 is 2.21. The van der Waals surface area contributed by atoms with E-state index >= 15 is 0 Å². The highest BCUT2D eigenvalue weighted by molar-refractivity contribution is 14.1. The van der Waals surface area contributed by atoms with Gasteiger partial charge in [-0.05, 0) is 40.8 Å². The van der Waals surface area contributed by atoms with Crippen molar-refractivity contribution in [2.75, 3.05) is 7.11 Å². The Morgan fingerprint density at radius 2 is 1.80 bits per heavy atom. The lowest BCUT2D eigenvalue weighted by Crippen LogP contribution is -2.03. The third-order valence-electron chi connectivity index (χ3n) is 3.11. The van der Waals surface area contributed by atoms with Crippen LogP contribution >= 0.6 is 22.6 Å². The zero-order chi connectivity index (χ0) is 14.1. The van der Waals surface area contributed by atoms with Gasteiger partial charge in [0.15, 0.2) is 5.76 Å². The van der Waals surface area contributed by atoms with Gasteiger partial charge in [0.25, 0.3) is 0 Å². The molecule has 3 rings (SSSR count). The molecule has 0 fully saturated rings. The number of halogens is 1. The quantitative estimate of drug-likeness (QED) is 0.631. The third-order valence-corrected chi connectivity index (χ3v) is 4.18. The zero-order valence-corrected chi connectivity index (χ0v) is 12.9. The lowest BCUT2D eigenvalue weighted by Gasteiger charge is -2.07. The highest BCUT2D eigenvalue weighted by Gasteiger charge is 2.13. The van der Waals surface area contributed by atoms with E-state index in [0.29, 0.717) is 16.9 Å². The van der Waals surface area contributed by atoms with E-state index in [0.717, 1.165) is 14.5 Å². The number of benzene rings is 2. The normalized spacial score (nSPS) is 10.7. The second-order valence-electron chi connectivity index (χ2n) is 4.31. The first kappa shape index (κ1) is 13.2. The maximum absolute atomic E-state index is 12.2. The molecule has 2 aromatic carbocycles. The largest absolute Gasteiger partial charge is 0.497 e. The summed E-state index contributed by atoms with van der Waals surface area (Å²) in [6, 6.07) is 15.1. The van der Waals surface area contributed by atoms with E-state index in [1.165, 1.54) is 0 Å². The van der Waals surface area contributed by atoms with Crippen molar-refractivity contribution < 1.29 is 9.15 Å². The maximum atomic E-state index is 12.2. The fourth-order valence-electron chi connectivity index (χ4n) is 2.10. The summed E-state index contributed by atoms with van der Waals surface area (Å²) in [6.45, 7) is 0. The minimum atomic E-state index is -0.349. The first-order valence-corrected chi connectivity index (χ1v) is 7.14. The minimum absolute atomic E-state index is 0.349. The van der Waals surface area contributed by atoms with Crippen molar-refractivity contribution >= 4 is 33.4 Å². The third kappa shape index (κ3) is 2.20. The average Bonchev–Trinajstić information content (AvgIpc) is 2.51. The molecule has 0 aliphatic rings. The van der Waals surface area contributed by atoms with E-state index in [4.69, 9.17) is 9.15 Å². The fourth-order valence-corrected chi connectivity index (χ4v) is 2.99. The van der Waals surface area contributed by atoms with Gasteiger partial charge in [-0.15, -0.1) is 0 Å². The second kappa shape index (κ2) is 5.28. The smallest absolute Gasteiger partial charge is 0.344 e. The highest BCUT2D eigenvalue weighted by Crippen LogP contribution is 2.30. The molecule has 0 saturated carbocycles. The molecule has 0 radical (unpaired) electrons. The predicted molar refractivity (Wildman–Crippen MR) is 87.2 cm³/mol. The van der Waals surface area contributed by atoms with Crippen LogP contribution in [-0.2, 0) is 0 Å². The molecule has 3 aromatic rings. The van der Waals surface area contributed by atoms with Gasteiger partial charge >= 0.3 is 5.63 Å². The average molecular weight is 378 g/mol. The van der Waals surface area contributed by atoms with Gasteiger partial charge in [0.1, 0.15) is 5.75 Å². The first-order valence-electron chi connectivity index (χ1n) is 6.06. The molecule has 0 bridgehead atoms. The summed E-state index contributed by atoms with van der Waals surface area (Å²) < 4.78 is 11.6. The summed E-state index contributed by atoms with van der Waals surface area (Å²) in [5.41, 5.74) is 0.546. The number of ether oxygens (including phenoxy) is 1. The van der Waals surface area contributed by atoms with Crippen molar-refractivity contribution in [1.82, 2.24) is 0 Å². The number of fused-ring (bicyclic) bond motifs is 1. The molecule has 1 aromatic heterocycles. The summed E-state index contributed by atoms with van der Waals surface area (Å²) in [5, 5.41) is 1.41. The summed E-state index contributed by atoms with van der Waals surface area (Å²) in [6.07, 6.45) is 0. The van der Waals surface area contributed by atoms with Gasteiger partial charge in [-0.25, -0.2) is 4.79 Å². The molecule has 0 atom stereocenters. The first-order chi connectivity index (χ1) is 9.70. The Balaban J connectivity index is 2.33. The van der Waals surface area contributed by atoms with Crippen molar-refractivity contribution in [3.63, 3.8) is 0 Å². The molecule has 4 heteroatoms. The lowest BCUT2D eigenvalue weighted by molar-refractivity contribution is 0.415. The van der Waals surface area contributed by atoms with Crippen molar-refractivity contribution in [3.8, 4) is 17.1 Å². The Kier molecular flexibility index (Phi) is 3.48. The molecule has 0 unspecified atom stereocenters. The lowest BCUT2D eigenvalue weighted by atomic mass is 10.1. The highest BCUT2D eigenvalue weighted by atomic mass is 127. The molecule has 0 N–H and O–H groups in total. The monoisotopic (exact) mass is 378 g/mol. The Morgan fingerprint density at radius 3 is 2.50 bits per heavy atom. The molecule has 0 aliphatic carbocycles. The molecular formula is C16H11IO3. The van der Waals surface area contributed by atoms with Gasteiger partial charge in [0.05, 0.1) is 16.1 Å². The molecule has 100 valence electrons. The Morgan fingerprint density at radius 1 is 1.05 bits per heavy atom. The Bertz CT molecular complexity index is 822. The summed E-state index contributed by atoms with van der Waals surface area (Å²) in [4.78, 5) is 12.2. The SMILES string of the molecule is COc1ccc2c(I)c(-c3ccccc3)oc(=O)c2c1. The van der Waals surface area contributed by atoms with E-state index in [2.05, 4.69) is 22.6 Å². The molecule has 1 heterocycles.